The Kier molecular flexibility index (Phi) is 4.00. The number of thiophene rings is 1. The lowest BCUT2D eigenvalue weighted by Crippen LogP contribution is -2.53. The SMILES string of the molecule is C[C@@H]1CCCC[C@]1(c1cc2ccccc2s1)N1CCCCC1. The van der Waals surface area contributed by atoms with Crippen molar-refractivity contribution in [3.63, 3.8) is 0 Å². The van der Waals surface area contributed by atoms with Crippen LogP contribution in [-0.4, -0.2) is 18.0 Å². The lowest BCUT2D eigenvalue weighted by atomic mass is 9.71. The normalized spacial score (nSPS) is 30.7. The van der Waals surface area contributed by atoms with Crippen molar-refractivity contribution in [2.24, 2.45) is 5.92 Å². The summed E-state index contributed by atoms with van der Waals surface area (Å²) in [5, 5.41) is 1.44. The Bertz CT molecular complexity index is 607. The molecule has 1 aliphatic heterocycles. The van der Waals surface area contributed by atoms with Gasteiger partial charge in [0.05, 0.1) is 5.54 Å². The van der Waals surface area contributed by atoms with Crippen molar-refractivity contribution in [2.45, 2.75) is 57.4 Å². The number of nitrogens with zero attached hydrogens (tertiary/aromatic N) is 1. The van der Waals surface area contributed by atoms with Gasteiger partial charge in [-0.2, -0.15) is 0 Å². The molecular weight excluding hydrogens is 286 g/mol. The highest BCUT2D eigenvalue weighted by molar-refractivity contribution is 7.19. The van der Waals surface area contributed by atoms with Crippen molar-refractivity contribution in [2.75, 3.05) is 13.1 Å². The first-order valence-corrected chi connectivity index (χ1v) is 9.86. The minimum atomic E-state index is 0.322. The molecule has 2 atom stereocenters. The summed E-state index contributed by atoms with van der Waals surface area (Å²) in [6.45, 7) is 5.12. The predicted octanol–water partition coefficient (Wildman–Crippen LogP) is 5.79. The first kappa shape index (κ1) is 14.7. The summed E-state index contributed by atoms with van der Waals surface area (Å²) in [4.78, 5) is 4.51. The molecule has 0 radical (unpaired) electrons. The maximum Gasteiger partial charge on any atom is 0.0579 e. The smallest absolute Gasteiger partial charge is 0.0579 e. The van der Waals surface area contributed by atoms with Gasteiger partial charge in [-0.1, -0.05) is 44.4 Å². The predicted molar refractivity (Wildman–Crippen MR) is 96.6 cm³/mol. The maximum absolute atomic E-state index is 2.87. The number of hydrogen-bond donors (Lipinski definition) is 0. The Morgan fingerprint density at radius 2 is 1.86 bits per heavy atom. The van der Waals surface area contributed by atoms with Gasteiger partial charge in [0.25, 0.3) is 0 Å². The lowest BCUT2D eigenvalue weighted by molar-refractivity contribution is -0.00811. The molecule has 4 rings (SSSR count). The topological polar surface area (TPSA) is 3.24 Å². The fourth-order valence-electron chi connectivity index (χ4n) is 4.81. The largest absolute Gasteiger partial charge is 0.293 e. The second-order valence-electron chi connectivity index (χ2n) is 7.27. The zero-order valence-electron chi connectivity index (χ0n) is 13.7. The van der Waals surface area contributed by atoms with E-state index in [4.69, 9.17) is 0 Å². The van der Waals surface area contributed by atoms with E-state index in [9.17, 15) is 0 Å². The molecule has 2 heterocycles. The summed E-state index contributed by atoms with van der Waals surface area (Å²) in [6, 6.07) is 11.4. The molecule has 22 heavy (non-hydrogen) atoms. The van der Waals surface area contributed by atoms with E-state index >= 15 is 0 Å². The zero-order chi connectivity index (χ0) is 15.0. The molecule has 1 aliphatic carbocycles. The summed E-state index contributed by atoms with van der Waals surface area (Å²) in [5.41, 5.74) is 0.322. The van der Waals surface area contributed by atoms with E-state index in [1.165, 1.54) is 68.1 Å². The van der Waals surface area contributed by atoms with E-state index in [0.717, 1.165) is 5.92 Å². The summed E-state index contributed by atoms with van der Waals surface area (Å²) < 4.78 is 1.46. The van der Waals surface area contributed by atoms with Crippen LogP contribution < -0.4 is 0 Å². The van der Waals surface area contributed by atoms with Crippen molar-refractivity contribution in [3.05, 3.63) is 35.2 Å². The number of hydrogen-bond acceptors (Lipinski definition) is 2. The number of benzene rings is 1. The van der Waals surface area contributed by atoms with Crippen LogP contribution >= 0.6 is 11.3 Å². The lowest BCUT2D eigenvalue weighted by Gasteiger charge is -2.51. The quantitative estimate of drug-likeness (QED) is 0.678. The van der Waals surface area contributed by atoms with Crippen molar-refractivity contribution >= 4 is 21.4 Å². The fourth-order valence-corrected chi connectivity index (χ4v) is 6.23. The summed E-state index contributed by atoms with van der Waals surface area (Å²) in [7, 11) is 0. The van der Waals surface area contributed by atoms with Crippen LogP contribution in [0.25, 0.3) is 10.1 Å². The number of likely N-dealkylation sites (tertiary alicyclic amines) is 1. The third-order valence-corrected chi connectivity index (χ3v) is 7.32. The van der Waals surface area contributed by atoms with Gasteiger partial charge in [-0.3, -0.25) is 4.90 Å². The van der Waals surface area contributed by atoms with Crippen LogP contribution in [0, 0.1) is 5.92 Å². The van der Waals surface area contributed by atoms with Crippen LogP contribution in [-0.2, 0) is 5.54 Å². The third-order valence-electron chi connectivity index (χ3n) is 6.03. The first-order chi connectivity index (χ1) is 10.8. The molecule has 1 nitrogen and oxygen atoms in total. The molecule has 2 aromatic rings. The van der Waals surface area contributed by atoms with Crippen LogP contribution in [0.5, 0.6) is 0 Å². The van der Waals surface area contributed by atoms with Crippen molar-refractivity contribution in [1.82, 2.24) is 4.90 Å². The second-order valence-corrected chi connectivity index (χ2v) is 8.35. The molecule has 2 heteroatoms. The molecule has 1 saturated heterocycles. The Labute approximate surface area is 138 Å². The fraction of sp³-hybridized carbons (Fsp3) is 0.600. The van der Waals surface area contributed by atoms with Crippen molar-refractivity contribution in [3.8, 4) is 0 Å². The second kappa shape index (κ2) is 5.98. The summed E-state index contributed by atoms with van der Waals surface area (Å²) in [5.74, 6) is 0.785. The van der Waals surface area contributed by atoms with E-state index < -0.39 is 0 Å². The van der Waals surface area contributed by atoms with Gasteiger partial charge in [-0.15, -0.1) is 11.3 Å². The molecule has 2 aliphatic rings. The van der Waals surface area contributed by atoms with Crippen LogP contribution in [0.1, 0.15) is 56.7 Å². The van der Waals surface area contributed by atoms with E-state index in [-0.39, 0.29) is 0 Å². The molecule has 1 aromatic carbocycles. The monoisotopic (exact) mass is 313 g/mol. The molecule has 0 amide bonds. The molecule has 1 saturated carbocycles. The van der Waals surface area contributed by atoms with E-state index in [1.807, 2.05) is 0 Å². The van der Waals surface area contributed by atoms with Crippen molar-refractivity contribution in [1.29, 1.82) is 0 Å². The maximum atomic E-state index is 2.87. The highest BCUT2D eigenvalue weighted by Gasteiger charge is 2.45. The highest BCUT2D eigenvalue weighted by Crippen LogP contribution is 2.50. The molecular formula is C20H27NS. The average molecular weight is 314 g/mol. The Balaban J connectivity index is 1.81. The van der Waals surface area contributed by atoms with Gasteiger partial charge in [0.2, 0.25) is 0 Å². The van der Waals surface area contributed by atoms with Crippen LogP contribution in [0.15, 0.2) is 30.3 Å². The Morgan fingerprint density at radius 1 is 1.05 bits per heavy atom. The summed E-state index contributed by atoms with van der Waals surface area (Å²) in [6.07, 6.45) is 9.77. The molecule has 0 unspecified atom stereocenters. The molecule has 0 N–H and O–H groups in total. The van der Waals surface area contributed by atoms with Gasteiger partial charge in [0.15, 0.2) is 0 Å². The zero-order valence-corrected chi connectivity index (χ0v) is 14.5. The van der Waals surface area contributed by atoms with Gasteiger partial charge >= 0.3 is 0 Å². The third kappa shape index (κ3) is 2.32. The molecule has 0 spiro atoms. The first-order valence-electron chi connectivity index (χ1n) is 9.05. The van der Waals surface area contributed by atoms with Crippen molar-refractivity contribution < 1.29 is 0 Å². The minimum Gasteiger partial charge on any atom is -0.293 e. The molecule has 118 valence electrons. The molecule has 2 fully saturated rings. The van der Waals surface area contributed by atoms with E-state index in [1.54, 1.807) is 4.88 Å². The highest BCUT2D eigenvalue weighted by atomic mass is 32.1. The molecule has 1 aromatic heterocycles. The summed E-state index contributed by atoms with van der Waals surface area (Å²) >= 11 is 2.06. The van der Waals surface area contributed by atoms with Gasteiger partial charge < -0.3 is 0 Å². The van der Waals surface area contributed by atoms with E-state index in [2.05, 4.69) is 53.5 Å². The van der Waals surface area contributed by atoms with E-state index in [0.29, 0.717) is 5.54 Å². The van der Waals surface area contributed by atoms with Crippen LogP contribution in [0.2, 0.25) is 0 Å². The Morgan fingerprint density at radius 3 is 2.64 bits per heavy atom. The minimum absolute atomic E-state index is 0.322. The standard InChI is InChI=1S/C20H27NS/c1-16-9-5-6-12-20(16,21-13-7-2-8-14-21)19-15-17-10-3-4-11-18(17)22-19/h3-4,10-11,15-16H,2,5-9,12-14H2,1H3/t16-,20+/m1/s1. The van der Waals surface area contributed by atoms with Crippen LogP contribution in [0.3, 0.4) is 0 Å². The Hall–Kier alpha value is -0.860. The van der Waals surface area contributed by atoms with Gasteiger partial charge in [0, 0.05) is 9.58 Å². The van der Waals surface area contributed by atoms with Gasteiger partial charge in [0.1, 0.15) is 0 Å². The number of piperidine rings is 1. The average Bonchev–Trinajstić information content (AvgIpc) is 3.00. The van der Waals surface area contributed by atoms with Gasteiger partial charge in [-0.05, 0) is 62.2 Å². The van der Waals surface area contributed by atoms with Gasteiger partial charge in [-0.25, -0.2) is 0 Å². The number of rotatable bonds is 2. The molecule has 0 bridgehead atoms. The number of fused-ring (bicyclic) bond motifs is 1. The van der Waals surface area contributed by atoms with Crippen LogP contribution in [0.4, 0.5) is 0 Å².